The largest absolute Gasteiger partial charge is 0.573 e. The van der Waals surface area contributed by atoms with Crippen LogP contribution in [0.4, 0.5) is 13.2 Å². The number of para-hydroxylation sites is 1. The number of halogens is 3. The molecule has 0 bridgehead atoms. The van der Waals surface area contributed by atoms with Gasteiger partial charge in [0.05, 0.1) is 19.9 Å². The lowest BCUT2D eigenvalue weighted by molar-refractivity contribution is -0.274. The third-order valence-electron chi connectivity index (χ3n) is 4.35. The number of hydrogen-bond donors (Lipinski definition) is 0. The van der Waals surface area contributed by atoms with E-state index < -0.39 is 24.1 Å². The van der Waals surface area contributed by atoms with Gasteiger partial charge < -0.3 is 14.2 Å². The molecule has 0 unspecified atom stereocenters. The first-order valence-electron chi connectivity index (χ1n) is 8.88. The van der Waals surface area contributed by atoms with Crippen LogP contribution in [0.25, 0.3) is 16.9 Å². The summed E-state index contributed by atoms with van der Waals surface area (Å²) in [6, 6.07) is 12.0. The molecule has 0 aliphatic rings. The Morgan fingerprint density at radius 2 is 1.61 bits per heavy atom. The van der Waals surface area contributed by atoms with Gasteiger partial charge in [-0.05, 0) is 36.8 Å². The van der Waals surface area contributed by atoms with E-state index in [0.29, 0.717) is 11.3 Å². The normalized spacial score (nSPS) is 11.2. The molecule has 1 aromatic heterocycles. The summed E-state index contributed by atoms with van der Waals surface area (Å²) in [5, 5.41) is 4.37. The van der Waals surface area contributed by atoms with E-state index >= 15 is 0 Å². The summed E-state index contributed by atoms with van der Waals surface area (Å²) in [7, 11) is 2.25. The average Bonchev–Trinajstić information content (AvgIpc) is 3.14. The fourth-order valence-corrected chi connectivity index (χ4v) is 3.00. The van der Waals surface area contributed by atoms with Gasteiger partial charge in [0, 0.05) is 5.56 Å². The van der Waals surface area contributed by atoms with Crippen molar-refractivity contribution in [3.05, 3.63) is 65.4 Å². The highest BCUT2D eigenvalue weighted by Gasteiger charge is 2.34. The summed E-state index contributed by atoms with van der Waals surface area (Å²) in [6.45, 7) is 1.62. The standard InChI is InChI=1S/C21H17F3N2O5/c1-12-9-10-14(31-21(22,23)24)11-15(12)17-16(19(27)29-2)18(20(28)30-3)26(25-17)13-7-5-4-6-8-13/h4-11H,1-3H3. The molecule has 0 aliphatic heterocycles. The minimum absolute atomic E-state index is 0.0544. The number of nitrogens with zero attached hydrogens (tertiary/aromatic N) is 2. The molecule has 0 spiro atoms. The Morgan fingerprint density at radius 3 is 2.19 bits per heavy atom. The molecule has 3 aromatic rings. The van der Waals surface area contributed by atoms with Crippen LogP contribution in [-0.2, 0) is 9.47 Å². The van der Waals surface area contributed by atoms with Crippen LogP contribution in [0.15, 0.2) is 48.5 Å². The molecule has 31 heavy (non-hydrogen) atoms. The zero-order valence-corrected chi connectivity index (χ0v) is 16.7. The molecule has 0 atom stereocenters. The van der Waals surface area contributed by atoms with Crippen molar-refractivity contribution in [2.75, 3.05) is 14.2 Å². The summed E-state index contributed by atoms with van der Waals surface area (Å²) in [5.74, 6) is -2.28. The zero-order chi connectivity index (χ0) is 22.8. The Labute approximate surface area is 175 Å². The minimum Gasteiger partial charge on any atom is -0.465 e. The monoisotopic (exact) mass is 434 g/mol. The topological polar surface area (TPSA) is 79.7 Å². The number of carbonyl (C=O) groups is 2. The van der Waals surface area contributed by atoms with Crippen LogP contribution in [0.5, 0.6) is 5.75 Å². The Morgan fingerprint density at radius 1 is 0.968 bits per heavy atom. The predicted molar refractivity (Wildman–Crippen MR) is 103 cm³/mol. The average molecular weight is 434 g/mol. The Balaban J connectivity index is 2.33. The molecule has 0 radical (unpaired) electrons. The molecule has 0 saturated carbocycles. The van der Waals surface area contributed by atoms with Gasteiger partial charge in [0.25, 0.3) is 0 Å². The molecule has 3 rings (SSSR count). The van der Waals surface area contributed by atoms with Crippen LogP contribution in [0.3, 0.4) is 0 Å². The first-order valence-corrected chi connectivity index (χ1v) is 8.88. The van der Waals surface area contributed by atoms with E-state index in [-0.39, 0.29) is 22.5 Å². The van der Waals surface area contributed by atoms with Crippen LogP contribution >= 0.6 is 0 Å². The van der Waals surface area contributed by atoms with Crippen molar-refractivity contribution >= 4 is 11.9 Å². The maximum absolute atomic E-state index is 12.7. The first-order chi connectivity index (χ1) is 14.7. The Bertz CT molecular complexity index is 1120. The van der Waals surface area contributed by atoms with Crippen LogP contribution in [0, 0.1) is 6.92 Å². The maximum atomic E-state index is 12.7. The van der Waals surface area contributed by atoms with Gasteiger partial charge in [0.1, 0.15) is 17.0 Å². The molecule has 0 fully saturated rings. The number of aryl methyl sites for hydroxylation is 1. The van der Waals surface area contributed by atoms with Crippen molar-refractivity contribution in [3.63, 3.8) is 0 Å². The minimum atomic E-state index is -4.90. The van der Waals surface area contributed by atoms with Crippen molar-refractivity contribution < 1.29 is 37.0 Å². The first kappa shape index (κ1) is 21.9. The summed E-state index contributed by atoms with van der Waals surface area (Å²) < 4.78 is 52.9. The van der Waals surface area contributed by atoms with Crippen LogP contribution < -0.4 is 4.74 Å². The van der Waals surface area contributed by atoms with Crippen LogP contribution in [-0.4, -0.2) is 42.3 Å². The highest BCUT2D eigenvalue weighted by Crippen LogP contribution is 2.34. The molecule has 1 heterocycles. The molecule has 2 aromatic carbocycles. The molecule has 0 aliphatic carbocycles. The fraction of sp³-hybridized carbons (Fsp3) is 0.190. The van der Waals surface area contributed by atoms with Gasteiger partial charge in [-0.2, -0.15) is 5.10 Å². The SMILES string of the molecule is COC(=O)c1c(-c2cc(OC(F)(F)F)ccc2C)nn(-c2ccccc2)c1C(=O)OC. The van der Waals surface area contributed by atoms with E-state index in [4.69, 9.17) is 9.47 Å². The van der Waals surface area contributed by atoms with Gasteiger partial charge in [-0.1, -0.05) is 24.3 Å². The fourth-order valence-electron chi connectivity index (χ4n) is 3.00. The molecule has 162 valence electrons. The summed E-state index contributed by atoms with van der Waals surface area (Å²) in [5.41, 5.74) is 0.555. The van der Waals surface area contributed by atoms with Gasteiger partial charge in [-0.3, -0.25) is 0 Å². The lowest BCUT2D eigenvalue weighted by Crippen LogP contribution is -2.17. The van der Waals surface area contributed by atoms with E-state index in [1.807, 2.05) is 0 Å². The van der Waals surface area contributed by atoms with Crippen molar-refractivity contribution in [3.8, 4) is 22.7 Å². The van der Waals surface area contributed by atoms with E-state index in [1.54, 1.807) is 37.3 Å². The van der Waals surface area contributed by atoms with E-state index in [0.717, 1.165) is 26.4 Å². The number of alkyl halides is 3. The van der Waals surface area contributed by atoms with E-state index in [9.17, 15) is 22.8 Å². The third kappa shape index (κ3) is 4.52. The van der Waals surface area contributed by atoms with Crippen molar-refractivity contribution in [2.24, 2.45) is 0 Å². The van der Waals surface area contributed by atoms with Crippen LogP contribution in [0.1, 0.15) is 26.4 Å². The lowest BCUT2D eigenvalue weighted by atomic mass is 10.0. The smallest absolute Gasteiger partial charge is 0.465 e. The van der Waals surface area contributed by atoms with Gasteiger partial charge in [0.15, 0.2) is 5.69 Å². The summed E-state index contributed by atoms with van der Waals surface area (Å²) in [6.07, 6.45) is -4.90. The quantitative estimate of drug-likeness (QED) is 0.557. The zero-order valence-electron chi connectivity index (χ0n) is 16.7. The maximum Gasteiger partial charge on any atom is 0.573 e. The van der Waals surface area contributed by atoms with Gasteiger partial charge in [-0.25, -0.2) is 14.3 Å². The number of aromatic nitrogens is 2. The lowest BCUT2D eigenvalue weighted by Gasteiger charge is -2.11. The van der Waals surface area contributed by atoms with Gasteiger partial charge in [-0.15, -0.1) is 13.2 Å². The molecular weight excluding hydrogens is 417 g/mol. The Kier molecular flexibility index (Phi) is 6.00. The molecule has 0 amide bonds. The highest BCUT2D eigenvalue weighted by molar-refractivity contribution is 6.07. The highest BCUT2D eigenvalue weighted by atomic mass is 19.4. The number of carbonyl (C=O) groups excluding carboxylic acids is 2. The number of ether oxygens (including phenoxy) is 3. The van der Waals surface area contributed by atoms with Gasteiger partial charge in [0.2, 0.25) is 0 Å². The van der Waals surface area contributed by atoms with Gasteiger partial charge >= 0.3 is 18.3 Å². The molecule has 7 nitrogen and oxygen atoms in total. The van der Waals surface area contributed by atoms with Crippen molar-refractivity contribution in [1.82, 2.24) is 9.78 Å². The second kappa shape index (κ2) is 8.50. The second-order valence-corrected chi connectivity index (χ2v) is 6.33. The molecule has 0 N–H and O–H groups in total. The van der Waals surface area contributed by atoms with E-state index in [2.05, 4.69) is 9.84 Å². The third-order valence-corrected chi connectivity index (χ3v) is 4.35. The number of rotatable bonds is 5. The second-order valence-electron chi connectivity index (χ2n) is 6.33. The molecular formula is C21H17F3N2O5. The van der Waals surface area contributed by atoms with E-state index in [1.165, 1.54) is 10.7 Å². The Hall–Kier alpha value is -3.82. The van der Waals surface area contributed by atoms with Crippen molar-refractivity contribution in [1.29, 1.82) is 0 Å². The summed E-state index contributed by atoms with van der Waals surface area (Å²) in [4.78, 5) is 25.2. The molecule has 0 saturated heterocycles. The number of hydrogen-bond acceptors (Lipinski definition) is 6. The van der Waals surface area contributed by atoms with Crippen molar-refractivity contribution in [2.45, 2.75) is 13.3 Å². The predicted octanol–water partition coefficient (Wildman–Crippen LogP) is 4.32. The molecule has 10 heteroatoms. The number of methoxy groups -OCH3 is 2. The van der Waals surface area contributed by atoms with Crippen LogP contribution in [0.2, 0.25) is 0 Å². The summed E-state index contributed by atoms with van der Waals surface area (Å²) >= 11 is 0. The number of benzene rings is 2. The number of esters is 2.